The summed E-state index contributed by atoms with van der Waals surface area (Å²) in [6.45, 7) is 7.02. The van der Waals surface area contributed by atoms with Crippen LogP contribution in [0.25, 0.3) is 0 Å². The van der Waals surface area contributed by atoms with Gasteiger partial charge >= 0.3 is 0 Å². The van der Waals surface area contributed by atoms with Crippen molar-refractivity contribution in [1.82, 2.24) is 14.1 Å². The van der Waals surface area contributed by atoms with Crippen molar-refractivity contribution in [1.29, 1.82) is 0 Å². The number of nitrogens with zero attached hydrogens (tertiary/aromatic N) is 3. The molecule has 0 radical (unpaired) electrons. The monoisotopic (exact) mass is 304 g/mol. The molecule has 0 bridgehead atoms. The smallest absolute Gasteiger partial charge is 0.247 e. The Morgan fingerprint density at radius 2 is 2.00 bits per heavy atom. The SMILES string of the molecule is Cc1nn(C)c(C)c1S(=O)(=O)N(CC(N)=S)C(C)C. The summed E-state index contributed by atoms with van der Waals surface area (Å²) in [4.78, 5) is 0.386. The van der Waals surface area contributed by atoms with Gasteiger partial charge in [0.2, 0.25) is 10.0 Å². The highest BCUT2D eigenvalue weighted by atomic mass is 32.2. The molecule has 0 aliphatic rings. The molecule has 0 spiro atoms. The molecule has 6 nitrogen and oxygen atoms in total. The molecule has 8 heteroatoms. The summed E-state index contributed by atoms with van der Waals surface area (Å²) in [6, 6.07) is -0.231. The van der Waals surface area contributed by atoms with Crippen LogP contribution in [-0.4, -0.2) is 40.1 Å². The Hall–Kier alpha value is -0.990. The molecule has 2 N–H and O–H groups in total. The van der Waals surface area contributed by atoms with Crippen molar-refractivity contribution in [3.05, 3.63) is 11.4 Å². The van der Waals surface area contributed by atoms with Gasteiger partial charge in [-0.25, -0.2) is 8.42 Å². The normalized spacial score (nSPS) is 12.4. The minimum atomic E-state index is -3.65. The lowest BCUT2D eigenvalue weighted by molar-refractivity contribution is 0.390. The van der Waals surface area contributed by atoms with Gasteiger partial charge in [-0.2, -0.15) is 9.40 Å². The van der Waals surface area contributed by atoms with Crippen molar-refractivity contribution in [3.8, 4) is 0 Å². The molecule has 0 saturated carbocycles. The molecule has 1 heterocycles. The predicted molar refractivity (Wildman–Crippen MR) is 78.5 cm³/mol. The highest BCUT2D eigenvalue weighted by Crippen LogP contribution is 2.24. The van der Waals surface area contributed by atoms with Crippen LogP contribution in [0, 0.1) is 13.8 Å². The molecule has 0 fully saturated rings. The average molecular weight is 304 g/mol. The van der Waals surface area contributed by atoms with E-state index in [-0.39, 0.29) is 22.5 Å². The minimum Gasteiger partial charge on any atom is -0.392 e. The number of aromatic nitrogens is 2. The quantitative estimate of drug-likeness (QED) is 0.811. The fraction of sp³-hybridized carbons (Fsp3) is 0.636. The van der Waals surface area contributed by atoms with Crippen molar-refractivity contribution in [2.45, 2.75) is 38.6 Å². The van der Waals surface area contributed by atoms with E-state index in [0.29, 0.717) is 11.4 Å². The molecule has 0 aliphatic carbocycles. The van der Waals surface area contributed by atoms with Crippen molar-refractivity contribution in [2.24, 2.45) is 12.8 Å². The van der Waals surface area contributed by atoms with Crippen LogP contribution in [0.1, 0.15) is 25.2 Å². The summed E-state index contributed by atoms with van der Waals surface area (Å²) < 4.78 is 28.3. The van der Waals surface area contributed by atoms with E-state index < -0.39 is 10.0 Å². The second-order valence-electron chi connectivity index (χ2n) is 4.73. The third-order valence-electron chi connectivity index (χ3n) is 2.90. The molecular formula is C11H20N4O2S2. The van der Waals surface area contributed by atoms with E-state index in [9.17, 15) is 8.42 Å². The van der Waals surface area contributed by atoms with Gasteiger partial charge in [0, 0.05) is 13.1 Å². The highest BCUT2D eigenvalue weighted by Gasteiger charge is 2.32. The fourth-order valence-corrected chi connectivity index (χ4v) is 4.18. The lowest BCUT2D eigenvalue weighted by Crippen LogP contribution is -2.42. The molecule has 0 atom stereocenters. The standard InChI is InChI=1S/C11H20N4O2S2/c1-7(2)15(6-10(12)18)19(16,17)11-8(3)13-14(5)9(11)4/h7H,6H2,1-5H3,(H2,12,18). The van der Waals surface area contributed by atoms with Gasteiger partial charge < -0.3 is 5.73 Å². The van der Waals surface area contributed by atoms with Crippen LogP contribution in [0.2, 0.25) is 0 Å². The zero-order chi connectivity index (χ0) is 15.0. The average Bonchev–Trinajstić information content (AvgIpc) is 2.49. The Morgan fingerprint density at radius 1 is 1.47 bits per heavy atom. The van der Waals surface area contributed by atoms with Gasteiger partial charge in [-0.3, -0.25) is 4.68 Å². The Bertz CT molecular complexity index is 590. The third-order valence-corrected chi connectivity index (χ3v) is 5.30. The van der Waals surface area contributed by atoms with E-state index in [4.69, 9.17) is 18.0 Å². The first-order valence-electron chi connectivity index (χ1n) is 5.89. The van der Waals surface area contributed by atoms with Crippen LogP contribution in [0.15, 0.2) is 4.90 Å². The van der Waals surface area contributed by atoms with Crippen LogP contribution in [0.5, 0.6) is 0 Å². The van der Waals surface area contributed by atoms with Crippen LogP contribution in [-0.2, 0) is 17.1 Å². The summed E-state index contributed by atoms with van der Waals surface area (Å²) in [5.41, 5.74) is 6.57. The molecule has 0 unspecified atom stereocenters. The Labute approximate surface area is 119 Å². The first kappa shape index (κ1) is 16.1. The van der Waals surface area contributed by atoms with Crippen LogP contribution in [0.4, 0.5) is 0 Å². The summed E-state index contributed by atoms with van der Waals surface area (Å²) in [6.07, 6.45) is 0. The van der Waals surface area contributed by atoms with E-state index in [1.165, 1.54) is 4.31 Å². The number of aryl methyl sites for hydroxylation is 2. The molecule has 1 aromatic heterocycles. The van der Waals surface area contributed by atoms with Crippen LogP contribution in [0.3, 0.4) is 0 Å². The van der Waals surface area contributed by atoms with Gasteiger partial charge in [0.15, 0.2) is 0 Å². The number of sulfonamides is 1. The number of rotatable bonds is 5. The zero-order valence-electron chi connectivity index (χ0n) is 11.8. The second kappa shape index (κ2) is 5.56. The van der Waals surface area contributed by atoms with Crippen molar-refractivity contribution < 1.29 is 8.42 Å². The largest absolute Gasteiger partial charge is 0.392 e. The lowest BCUT2D eigenvalue weighted by atomic mass is 10.4. The minimum absolute atomic E-state index is 0.0309. The molecule has 108 valence electrons. The summed E-state index contributed by atoms with van der Waals surface area (Å²) in [5, 5.41) is 4.14. The molecule has 0 aliphatic heterocycles. The highest BCUT2D eigenvalue weighted by molar-refractivity contribution is 7.89. The number of nitrogens with two attached hydrogens (primary N) is 1. The molecular weight excluding hydrogens is 284 g/mol. The van der Waals surface area contributed by atoms with Gasteiger partial charge in [-0.1, -0.05) is 12.2 Å². The van der Waals surface area contributed by atoms with Gasteiger partial charge in [0.05, 0.1) is 22.9 Å². The van der Waals surface area contributed by atoms with E-state index >= 15 is 0 Å². The summed E-state index contributed by atoms with van der Waals surface area (Å²) in [5.74, 6) is 0. The first-order valence-corrected chi connectivity index (χ1v) is 7.74. The third kappa shape index (κ3) is 3.13. The Balaban J connectivity index is 3.39. The lowest BCUT2D eigenvalue weighted by Gasteiger charge is -2.25. The Morgan fingerprint density at radius 3 is 2.32 bits per heavy atom. The molecule has 19 heavy (non-hydrogen) atoms. The van der Waals surface area contributed by atoms with Crippen molar-refractivity contribution in [2.75, 3.05) is 6.54 Å². The van der Waals surface area contributed by atoms with E-state index in [2.05, 4.69) is 5.10 Å². The van der Waals surface area contributed by atoms with E-state index in [1.54, 1.807) is 39.4 Å². The zero-order valence-corrected chi connectivity index (χ0v) is 13.5. The van der Waals surface area contributed by atoms with E-state index in [0.717, 1.165) is 0 Å². The number of thiocarbonyl (C=S) groups is 1. The maximum absolute atomic E-state index is 12.7. The molecule has 0 aromatic carbocycles. The second-order valence-corrected chi connectivity index (χ2v) is 7.09. The van der Waals surface area contributed by atoms with Gasteiger partial charge in [-0.05, 0) is 27.7 Å². The van der Waals surface area contributed by atoms with E-state index in [1.807, 2.05) is 0 Å². The van der Waals surface area contributed by atoms with Gasteiger partial charge in [-0.15, -0.1) is 0 Å². The van der Waals surface area contributed by atoms with Crippen LogP contribution < -0.4 is 5.73 Å². The Kier molecular flexibility index (Phi) is 4.70. The molecule has 0 saturated heterocycles. The number of hydrogen-bond donors (Lipinski definition) is 1. The maximum Gasteiger partial charge on any atom is 0.247 e. The van der Waals surface area contributed by atoms with Crippen molar-refractivity contribution in [3.63, 3.8) is 0 Å². The topological polar surface area (TPSA) is 81.2 Å². The van der Waals surface area contributed by atoms with Gasteiger partial charge in [0.1, 0.15) is 4.90 Å². The molecule has 1 aromatic rings. The predicted octanol–water partition coefficient (Wildman–Crippen LogP) is 0.722. The summed E-state index contributed by atoms with van der Waals surface area (Å²) >= 11 is 4.83. The maximum atomic E-state index is 12.7. The van der Waals surface area contributed by atoms with Gasteiger partial charge in [0.25, 0.3) is 0 Å². The molecule has 1 rings (SSSR count). The summed E-state index contributed by atoms with van der Waals surface area (Å²) in [7, 11) is -1.94. The fourth-order valence-electron chi connectivity index (χ4n) is 1.94. The van der Waals surface area contributed by atoms with Crippen LogP contribution >= 0.6 is 12.2 Å². The number of hydrogen-bond acceptors (Lipinski definition) is 4. The van der Waals surface area contributed by atoms with Crippen molar-refractivity contribution >= 4 is 27.2 Å². The molecule has 0 amide bonds. The first-order chi connectivity index (χ1) is 8.59.